The number of likely N-dealkylation sites (tertiary alicyclic amines) is 1. The van der Waals surface area contributed by atoms with Crippen molar-refractivity contribution in [1.29, 1.82) is 0 Å². The van der Waals surface area contributed by atoms with Gasteiger partial charge in [-0.25, -0.2) is 0 Å². The molecule has 3 heteroatoms. The molecule has 0 aliphatic carbocycles. The molecule has 0 saturated carbocycles. The van der Waals surface area contributed by atoms with Crippen molar-refractivity contribution in [3.63, 3.8) is 0 Å². The Kier molecular flexibility index (Phi) is 4.03. The first-order valence-corrected chi connectivity index (χ1v) is 6.88. The van der Waals surface area contributed by atoms with Crippen LogP contribution < -0.4 is 5.73 Å². The number of pyridine rings is 1. The number of hydrogen-bond donors (Lipinski definition) is 1. The fourth-order valence-corrected chi connectivity index (χ4v) is 2.72. The highest BCUT2D eigenvalue weighted by Crippen LogP contribution is 2.27. The zero-order valence-electron chi connectivity index (χ0n) is 11.8. The summed E-state index contributed by atoms with van der Waals surface area (Å²) in [7, 11) is 0. The van der Waals surface area contributed by atoms with E-state index in [1.807, 2.05) is 13.1 Å². The van der Waals surface area contributed by atoms with E-state index in [4.69, 9.17) is 5.73 Å². The molecular weight excluding hydrogens is 222 g/mol. The maximum Gasteiger partial charge on any atom is 0.0372 e. The summed E-state index contributed by atoms with van der Waals surface area (Å²) >= 11 is 0. The Hall–Kier alpha value is -0.930. The second-order valence-corrected chi connectivity index (χ2v) is 6.27. The van der Waals surface area contributed by atoms with Crippen LogP contribution in [-0.4, -0.2) is 35.1 Å². The van der Waals surface area contributed by atoms with Gasteiger partial charge >= 0.3 is 0 Å². The van der Waals surface area contributed by atoms with Crippen LogP contribution in [0.2, 0.25) is 0 Å². The lowest BCUT2D eigenvalue weighted by molar-refractivity contribution is 0.179. The summed E-state index contributed by atoms with van der Waals surface area (Å²) < 4.78 is 0. The minimum Gasteiger partial charge on any atom is -0.324 e. The summed E-state index contributed by atoms with van der Waals surface area (Å²) in [5.74, 6) is 0.676. The van der Waals surface area contributed by atoms with E-state index in [0.717, 1.165) is 25.3 Å². The topological polar surface area (TPSA) is 42.1 Å². The van der Waals surface area contributed by atoms with Crippen molar-refractivity contribution in [2.75, 3.05) is 19.6 Å². The van der Waals surface area contributed by atoms with Crippen LogP contribution in [0.5, 0.6) is 0 Å². The summed E-state index contributed by atoms with van der Waals surface area (Å²) in [5, 5.41) is 0. The molecule has 1 fully saturated rings. The van der Waals surface area contributed by atoms with Crippen LogP contribution in [0.4, 0.5) is 0 Å². The number of aromatic nitrogens is 1. The average Bonchev–Trinajstić information content (AvgIpc) is 2.29. The second-order valence-electron chi connectivity index (χ2n) is 6.27. The maximum absolute atomic E-state index is 6.08. The van der Waals surface area contributed by atoms with Gasteiger partial charge in [0.2, 0.25) is 0 Å². The Morgan fingerprint density at radius 1 is 1.33 bits per heavy atom. The van der Waals surface area contributed by atoms with Crippen molar-refractivity contribution in [1.82, 2.24) is 9.88 Å². The maximum atomic E-state index is 6.08. The van der Waals surface area contributed by atoms with Crippen molar-refractivity contribution in [3.05, 3.63) is 29.6 Å². The molecule has 2 rings (SSSR count). The molecule has 2 N–H and O–H groups in total. The van der Waals surface area contributed by atoms with E-state index in [2.05, 4.69) is 35.9 Å². The lowest BCUT2D eigenvalue weighted by atomic mass is 9.89. The monoisotopic (exact) mass is 247 g/mol. The standard InChI is InChI=1S/C15H25N3/c1-12-4-5-14(10-17-12)13-6-8-18(9-7-13)11-15(2,3)16/h4-5,10,13H,6-9,11,16H2,1-3H3. The van der Waals surface area contributed by atoms with Crippen molar-refractivity contribution in [2.45, 2.75) is 45.1 Å². The van der Waals surface area contributed by atoms with Gasteiger partial charge in [0, 0.05) is 24.0 Å². The molecule has 1 aromatic rings. The van der Waals surface area contributed by atoms with Gasteiger partial charge in [-0.05, 0) is 64.3 Å². The lowest BCUT2D eigenvalue weighted by Gasteiger charge is -2.35. The number of rotatable bonds is 3. The molecule has 1 aromatic heterocycles. The highest BCUT2D eigenvalue weighted by molar-refractivity contribution is 5.18. The first kappa shape index (κ1) is 13.5. The molecule has 0 radical (unpaired) electrons. The van der Waals surface area contributed by atoms with Gasteiger partial charge in [-0.2, -0.15) is 0 Å². The summed E-state index contributed by atoms with van der Waals surface area (Å²) in [6.45, 7) is 9.53. The van der Waals surface area contributed by atoms with Crippen LogP contribution in [0.1, 0.15) is 43.9 Å². The van der Waals surface area contributed by atoms with Crippen LogP contribution in [0.25, 0.3) is 0 Å². The van der Waals surface area contributed by atoms with Crippen molar-refractivity contribution in [3.8, 4) is 0 Å². The molecular formula is C15H25N3. The summed E-state index contributed by atoms with van der Waals surface area (Å²) in [6.07, 6.45) is 4.49. The molecule has 18 heavy (non-hydrogen) atoms. The predicted octanol–water partition coefficient (Wildman–Crippen LogP) is 2.31. The van der Waals surface area contributed by atoms with Crippen molar-refractivity contribution in [2.24, 2.45) is 5.73 Å². The van der Waals surface area contributed by atoms with E-state index in [1.165, 1.54) is 18.4 Å². The Labute approximate surface area is 110 Å². The van der Waals surface area contributed by atoms with E-state index in [-0.39, 0.29) is 5.54 Å². The molecule has 1 saturated heterocycles. The van der Waals surface area contributed by atoms with Crippen LogP contribution in [0.3, 0.4) is 0 Å². The lowest BCUT2D eigenvalue weighted by Crippen LogP contribution is -2.47. The first-order valence-electron chi connectivity index (χ1n) is 6.88. The third kappa shape index (κ3) is 3.79. The number of hydrogen-bond acceptors (Lipinski definition) is 3. The molecule has 0 aromatic carbocycles. The predicted molar refractivity (Wildman–Crippen MR) is 75.7 cm³/mol. The van der Waals surface area contributed by atoms with E-state index in [1.54, 1.807) is 0 Å². The van der Waals surface area contributed by atoms with Gasteiger partial charge in [0.05, 0.1) is 0 Å². The molecule has 0 bridgehead atoms. The van der Waals surface area contributed by atoms with Gasteiger partial charge < -0.3 is 10.6 Å². The van der Waals surface area contributed by atoms with Gasteiger partial charge in [-0.15, -0.1) is 0 Å². The molecule has 2 heterocycles. The number of piperidine rings is 1. The highest BCUT2D eigenvalue weighted by Gasteiger charge is 2.24. The Balaban J connectivity index is 1.88. The minimum atomic E-state index is -0.0851. The number of nitrogens with two attached hydrogens (primary N) is 1. The second kappa shape index (κ2) is 5.37. The Morgan fingerprint density at radius 2 is 2.00 bits per heavy atom. The number of aryl methyl sites for hydroxylation is 1. The van der Waals surface area contributed by atoms with Crippen molar-refractivity contribution >= 4 is 0 Å². The molecule has 100 valence electrons. The molecule has 0 atom stereocenters. The van der Waals surface area contributed by atoms with Gasteiger partial charge in [0.1, 0.15) is 0 Å². The van der Waals surface area contributed by atoms with E-state index < -0.39 is 0 Å². The smallest absolute Gasteiger partial charge is 0.0372 e. The van der Waals surface area contributed by atoms with Gasteiger partial charge in [-0.1, -0.05) is 6.07 Å². The van der Waals surface area contributed by atoms with Crippen molar-refractivity contribution < 1.29 is 0 Å². The SMILES string of the molecule is Cc1ccc(C2CCN(CC(C)(C)N)CC2)cn1. The van der Waals surface area contributed by atoms with Crippen LogP contribution in [0.15, 0.2) is 18.3 Å². The zero-order valence-corrected chi connectivity index (χ0v) is 11.8. The van der Waals surface area contributed by atoms with Gasteiger partial charge in [0.15, 0.2) is 0 Å². The summed E-state index contributed by atoms with van der Waals surface area (Å²) in [4.78, 5) is 6.88. The van der Waals surface area contributed by atoms with Gasteiger partial charge in [-0.3, -0.25) is 4.98 Å². The minimum absolute atomic E-state index is 0.0851. The van der Waals surface area contributed by atoms with E-state index >= 15 is 0 Å². The zero-order chi connectivity index (χ0) is 13.2. The fraction of sp³-hybridized carbons (Fsp3) is 0.667. The van der Waals surface area contributed by atoms with Crippen LogP contribution >= 0.6 is 0 Å². The van der Waals surface area contributed by atoms with E-state index in [9.17, 15) is 0 Å². The van der Waals surface area contributed by atoms with E-state index in [0.29, 0.717) is 5.92 Å². The normalized spacial score (nSPS) is 19.1. The Morgan fingerprint density at radius 3 is 2.50 bits per heavy atom. The average molecular weight is 247 g/mol. The molecule has 0 spiro atoms. The quantitative estimate of drug-likeness (QED) is 0.891. The fourth-order valence-electron chi connectivity index (χ4n) is 2.72. The van der Waals surface area contributed by atoms with Crippen LogP contribution in [-0.2, 0) is 0 Å². The van der Waals surface area contributed by atoms with Gasteiger partial charge in [0.25, 0.3) is 0 Å². The molecule has 3 nitrogen and oxygen atoms in total. The molecule has 1 aliphatic heterocycles. The number of nitrogens with zero attached hydrogens (tertiary/aromatic N) is 2. The summed E-state index contributed by atoms with van der Waals surface area (Å²) in [5.41, 5.74) is 8.49. The Bertz CT molecular complexity index is 370. The third-order valence-electron chi connectivity index (χ3n) is 3.62. The first-order chi connectivity index (χ1) is 8.44. The molecule has 1 aliphatic rings. The third-order valence-corrected chi connectivity index (χ3v) is 3.62. The molecule has 0 amide bonds. The summed E-state index contributed by atoms with van der Waals surface area (Å²) in [6, 6.07) is 4.35. The van der Waals surface area contributed by atoms with Crippen LogP contribution in [0, 0.1) is 6.92 Å². The highest BCUT2D eigenvalue weighted by atomic mass is 15.1. The molecule has 0 unspecified atom stereocenters. The largest absolute Gasteiger partial charge is 0.324 e.